The molecule has 0 saturated carbocycles. The summed E-state index contributed by atoms with van der Waals surface area (Å²) in [7, 11) is 1.48. The van der Waals surface area contributed by atoms with Gasteiger partial charge in [-0.3, -0.25) is 4.79 Å². The quantitative estimate of drug-likeness (QED) is 0.324. The van der Waals surface area contributed by atoms with Crippen molar-refractivity contribution < 1.29 is 27.1 Å². The van der Waals surface area contributed by atoms with Crippen LogP contribution in [-0.4, -0.2) is 58.7 Å². The first-order valence-electron chi connectivity index (χ1n) is 11.7. The Morgan fingerprint density at radius 2 is 1.82 bits per heavy atom. The minimum absolute atomic E-state index is 0.00984. The Hall–Kier alpha value is -4.39. The number of H-pyrrole nitrogens is 1. The zero-order valence-corrected chi connectivity index (χ0v) is 20.1. The number of rotatable bonds is 6. The van der Waals surface area contributed by atoms with Crippen LogP contribution in [0.1, 0.15) is 10.5 Å². The first kappa shape index (κ1) is 25.3. The molecule has 4 aromatic rings. The van der Waals surface area contributed by atoms with E-state index in [4.69, 9.17) is 4.74 Å². The highest BCUT2D eigenvalue weighted by Crippen LogP contribution is 2.36. The van der Waals surface area contributed by atoms with Gasteiger partial charge in [0.05, 0.1) is 24.7 Å². The molecule has 0 atom stereocenters. The lowest BCUT2D eigenvalue weighted by atomic mass is 10.1. The number of hydrogen-bond donors (Lipinski definition) is 3. The summed E-state index contributed by atoms with van der Waals surface area (Å²) >= 11 is 0. The number of piperazine rings is 1. The van der Waals surface area contributed by atoms with E-state index in [1.54, 1.807) is 6.07 Å². The van der Waals surface area contributed by atoms with Crippen molar-refractivity contribution in [3.63, 3.8) is 0 Å². The lowest BCUT2D eigenvalue weighted by Crippen LogP contribution is -2.43. The number of methoxy groups -OCH3 is 1. The third-order valence-corrected chi connectivity index (χ3v) is 6.12. The Bertz CT molecular complexity index is 1440. The lowest BCUT2D eigenvalue weighted by Gasteiger charge is -2.30. The molecule has 9 nitrogen and oxygen atoms in total. The van der Waals surface area contributed by atoms with Crippen molar-refractivity contribution in [2.75, 3.05) is 43.5 Å². The van der Waals surface area contributed by atoms with Crippen LogP contribution in [0, 0.1) is 5.82 Å². The second-order valence-corrected chi connectivity index (χ2v) is 8.51. The largest absolute Gasteiger partial charge is 0.494 e. The summed E-state index contributed by atoms with van der Waals surface area (Å²) in [5, 5.41) is 6.00. The Labute approximate surface area is 214 Å². The molecular formula is C25H23F4N7O2. The van der Waals surface area contributed by atoms with Crippen LogP contribution in [-0.2, 0) is 6.30 Å². The highest BCUT2D eigenvalue weighted by atomic mass is 19.4. The van der Waals surface area contributed by atoms with Crippen molar-refractivity contribution >= 4 is 17.3 Å². The SMILES string of the molecule is COc1cc(N2CCNCC2)ccc1NC(=O)c1cnc(-c2c(-c3ccc(F)cc3)ncn2C(F)(F)F)[nH]1. The number of halogens is 4. The van der Waals surface area contributed by atoms with Gasteiger partial charge in [0.2, 0.25) is 0 Å². The van der Waals surface area contributed by atoms with Crippen LogP contribution in [0.5, 0.6) is 5.75 Å². The smallest absolute Gasteiger partial charge is 0.490 e. The van der Waals surface area contributed by atoms with E-state index in [1.165, 1.54) is 19.2 Å². The van der Waals surface area contributed by atoms with Gasteiger partial charge in [-0.05, 0) is 36.4 Å². The van der Waals surface area contributed by atoms with Crippen LogP contribution in [0.3, 0.4) is 0 Å². The van der Waals surface area contributed by atoms with Crippen molar-refractivity contribution in [3.8, 4) is 28.5 Å². The summed E-state index contributed by atoms with van der Waals surface area (Å²) in [5.74, 6) is -0.967. The summed E-state index contributed by atoms with van der Waals surface area (Å²) in [5.41, 5.74) is 1.02. The van der Waals surface area contributed by atoms with E-state index in [2.05, 4.69) is 30.5 Å². The maximum atomic E-state index is 13.8. The van der Waals surface area contributed by atoms with E-state index < -0.39 is 23.7 Å². The van der Waals surface area contributed by atoms with Gasteiger partial charge < -0.3 is 25.3 Å². The number of imidazole rings is 2. The predicted molar refractivity (Wildman–Crippen MR) is 133 cm³/mol. The monoisotopic (exact) mass is 529 g/mol. The second kappa shape index (κ2) is 10.2. The molecule has 13 heteroatoms. The van der Waals surface area contributed by atoms with E-state index in [-0.39, 0.29) is 27.3 Å². The molecule has 2 aromatic carbocycles. The summed E-state index contributed by atoms with van der Waals surface area (Å²) in [4.78, 5) is 25.7. The molecule has 1 amide bonds. The highest BCUT2D eigenvalue weighted by molar-refractivity contribution is 6.04. The minimum Gasteiger partial charge on any atom is -0.494 e. The van der Waals surface area contributed by atoms with Crippen LogP contribution >= 0.6 is 0 Å². The number of hydrogen-bond acceptors (Lipinski definition) is 6. The molecule has 198 valence electrons. The molecule has 1 saturated heterocycles. The maximum Gasteiger partial charge on any atom is 0.490 e. The summed E-state index contributed by atoms with van der Waals surface area (Å²) in [6, 6.07) is 10.2. The van der Waals surface area contributed by atoms with Gasteiger partial charge in [0.15, 0.2) is 5.82 Å². The Morgan fingerprint density at radius 1 is 1.08 bits per heavy atom. The molecule has 5 rings (SSSR count). The van der Waals surface area contributed by atoms with Gasteiger partial charge >= 0.3 is 6.30 Å². The van der Waals surface area contributed by atoms with Gasteiger partial charge in [-0.25, -0.2) is 18.9 Å². The normalized spacial score (nSPS) is 14.0. The number of carbonyl (C=O) groups is 1. The number of carbonyl (C=O) groups excluding carboxylic acids is 1. The summed E-state index contributed by atoms with van der Waals surface area (Å²) in [6.07, 6.45) is -3.06. The molecule has 1 fully saturated rings. The molecule has 0 aliphatic carbocycles. The van der Waals surface area contributed by atoms with Gasteiger partial charge in [0, 0.05) is 43.5 Å². The zero-order chi connectivity index (χ0) is 26.9. The van der Waals surface area contributed by atoms with Crippen LogP contribution in [0.2, 0.25) is 0 Å². The molecule has 2 aromatic heterocycles. The van der Waals surface area contributed by atoms with Crippen molar-refractivity contribution in [1.82, 2.24) is 24.8 Å². The van der Waals surface area contributed by atoms with Gasteiger partial charge in [0.1, 0.15) is 29.3 Å². The number of ether oxygens (including phenoxy) is 1. The van der Waals surface area contributed by atoms with E-state index >= 15 is 0 Å². The van der Waals surface area contributed by atoms with Crippen LogP contribution in [0.25, 0.3) is 22.8 Å². The molecule has 1 aliphatic rings. The van der Waals surface area contributed by atoms with Gasteiger partial charge in [-0.1, -0.05) is 0 Å². The second-order valence-electron chi connectivity index (χ2n) is 8.51. The minimum atomic E-state index is -4.81. The number of nitrogens with zero attached hydrogens (tertiary/aromatic N) is 4. The fraction of sp³-hybridized carbons (Fsp3) is 0.240. The predicted octanol–water partition coefficient (Wildman–Crippen LogP) is 4.23. The van der Waals surface area contributed by atoms with E-state index in [0.717, 1.165) is 50.2 Å². The number of benzene rings is 2. The molecule has 0 spiro atoms. The Balaban J connectivity index is 1.43. The number of aromatic nitrogens is 4. The number of alkyl halides is 3. The summed E-state index contributed by atoms with van der Waals surface area (Å²) < 4.78 is 60.1. The average Bonchev–Trinajstić information content (AvgIpc) is 3.57. The van der Waals surface area contributed by atoms with E-state index in [0.29, 0.717) is 17.8 Å². The van der Waals surface area contributed by atoms with Crippen LogP contribution < -0.4 is 20.3 Å². The molecule has 38 heavy (non-hydrogen) atoms. The average molecular weight is 529 g/mol. The third-order valence-electron chi connectivity index (χ3n) is 6.12. The standard InChI is InChI=1S/C25H23F4N7O2/c1-38-20-12-17(35-10-8-30-9-11-35)6-7-18(20)34-24(37)19-13-31-23(33-19)22-21(15-2-4-16(26)5-3-15)32-14-36(22)25(27,28)29/h2-7,12-14,30H,8-11H2,1H3,(H,31,33)(H,34,37). The third kappa shape index (κ3) is 5.05. The number of nitrogens with one attached hydrogen (secondary N) is 3. The topological polar surface area (TPSA) is 100 Å². The first-order valence-corrected chi connectivity index (χ1v) is 11.7. The first-order chi connectivity index (χ1) is 18.2. The Kier molecular flexibility index (Phi) is 6.76. The molecule has 3 heterocycles. The summed E-state index contributed by atoms with van der Waals surface area (Å²) in [6.45, 7) is 3.39. The van der Waals surface area contributed by atoms with Crippen molar-refractivity contribution in [3.05, 3.63) is 66.5 Å². The van der Waals surface area contributed by atoms with Gasteiger partial charge in [0.25, 0.3) is 5.91 Å². The van der Waals surface area contributed by atoms with Crippen molar-refractivity contribution in [2.24, 2.45) is 0 Å². The van der Waals surface area contributed by atoms with E-state index in [1.807, 2.05) is 12.1 Å². The molecular weight excluding hydrogens is 506 g/mol. The van der Waals surface area contributed by atoms with Crippen molar-refractivity contribution in [2.45, 2.75) is 6.30 Å². The van der Waals surface area contributed by atoms with Crippen LogP contribution in [0.4, 0.5) is 28.9 Å². The fourth-order valence-electron chi connectivity index (χ4n) is 4.24. The lowest BCUT2D eigenvalue weighted by molar-refractivity contribution is -0.202. The highest BCUT2D eigenvalue weighted by Gasteiger charge is 2.36. The number of anilines is 2. The van der Waals surface area contributed by atoms with Gasteiger partial charge in [-0.2, -0.15) is 0 Å². The molecule has 1 aliphatic heterocycles. The zero-order valence-electron chi connectivity index (χ0n) is 20.1. The van der Waals surface area contributed by atoms with E-state index in [9.17, 15) is 22.4 Å². The van der Waals surface area contributed by atoms with Crippen LogP contribution in [0.15, 0.2) is 55.0 Å². The number of amides is 1. The molecule has 0 bridgehead atoms. The molecule has 3 N–H and O–H groups in total. The van der Waals surface area contributed by atoms with Crippen molar-refractivity contribution in [1.29, 1.82) is 0 Å². The molecule has 0 radical (unpaired) electrons. The number of aromatic amines is 1. The molecule has 0 unspecified atom stereocenters. The Morgan fingerprint density at radius 3 is 2.50 bits per heavy atom. The maximum absolute atomic E-state index is 13.8. The fourth-order valence-corrected chi connectivity index (χ4v) is 4.24. The van der Waals surface area contributed by atoms with Gasteiger partial charge in [-0.15, -0.1) is 13.2 Å².